The standard InChI is InChI=1S/C12H16ClN3/c1-15-5-7-16(8-6-15)14-10-11-3-2-4-12(13)9-11/h2-4,9-10H,5-8H2,1H3. The van der Waals surface area contributed by atoms with Gasteiger partial charge in [0.15, 0.2) is 0 Å². The van der Waals surface area contributed by atoms with Crippen LogP contribution >= 0.6 is 11.6 Å². The maximum Gasteiger partial charge on any atom is 0.0543 e. The summed E-state index contributed by atoms with van der Waals surface area (Å²) in [6, 6.07) is 7.73. The quantitative estimate of drug-likeness (QED) is 0.732. The number of hydrogen-bond acceptors (Lipinski definition) is 3. The van der Waals surface area contributed by atoms with Gasteiger partial charge in [0.2, 0.25) is 0 Å². The van der Waals surface area contributed by atoms with E-state index in [-0.39, 0.29) is 0 Å². The second kappa shape index (κ2) is 5.32. The zero-order valence-corrected chi connectivity index (χ0v) is 10.2. The first kappa shape index (κ1) is 11.4. The van der Waals surface area contributed by atoms with Crippen molar-refractivity contribution in [2.45, 2.75) is 0 Å². The fourth-order valence-electron chi connectivity index (χ4n) is 1.65. The van der Waals surface area contributed by atoms with Crippen LogP contribution in [0.25, 0.3) is 0 Å². The molecule has 0 saturated carbocycles. The summed E-state index contributed by atoms with van der Waals surface area (Å²) in [4.78, 5) is 2.31. The van der Waals surface area contributed by atoms with E-state index in [1.54, 1.807) is 0 Å². The number of benzene rings is 1. The Hall–Kier alpha value is -1.06. The molecule has 1 fully saturated rings. The third-order valence-corrected chi connectivity index (χ3v) is 2.93. The Morgan fingerprint density at radius 3 is 2.69 bits per heavy atom. The number of likely N-dealkylation sites (N-methyl/N-ethyl adjacent to an activating group) is 1. The number of nitrogens with zero attached hydrogens (tertiary/aromatic N) is 3. The van der Waals surface area contributed by atoms with E-state index in [0.717, 1.165) is 36.8 Å². The van der Waals surface area contributed by atoms with Gasteiger partial charge in [-0.15, -0.1) is 0 Å². The van der Waals surface area contributed by atoms with Gasteiger partial charge in [0, 0.05) is 31.2 Å². The largest absolute Gasteiger partial charge is 0.303 e. The molecule has 0 radical (unpaired) electrons. The van der Waals surface area contributed by atoms with Crippen LogP contribution in [0, 0.1) is 0 Å². The van der Waals surface area contributed by atoms with Gasteiger partial charge in [-0.3, -0.25) is 5.01 Å². The van der Waals surface area contributed by atoms with E-state index >= 15 is 0 Å². The molecule has 0 atom stereocenters. The highest BCUT2D eigenvalue weighted by Gasteiger charge is 2.10. The molecule has 16 heavy (non-hydrogen) atoms. The van der Waals surface area contributed by atoms with Crippen LogP contribution in [0.1, 0.15) is 5.56 Å². The fourth-order valence-corrected chi connectivity index (χ4v) is 1.85. The molecule has 1 aliphatic heterocycles. The Morgan fingerprint density at radius 1 is 1.25 bits per heavy atom. The van der Waals surface area contributed by atoms with Gasteiger partial charge in [0.25, 0.3) is 0 Å². The van der Waals surface area contributed by atoms with Crippen molar-refractivity contribution >= 4 is 17.8 Å². The van der Waals surface area contributed by atoms with Gasteiger partial charge in [-0.05, 0) is 24.7 Å². The molecule has 4 heteroatoms. The molecule has 1 heterocycles. The normalized spacial score (nSPS) is 18.2. The smallest absolute Gasteiger partial charge is 0.0543 e. The summed E-state index contributed by atoms with van der Waals surface area (Å²) in [7, 11) is 2.14. The van der Waals surface area contributed by atoms with Crippen LogP contribution < -0.4 is 0 Å². The fraction of sp³-hybridized carbons (Fsp3) is 0.417. The lowest BCUT2D eigenvalue weighted by Crippen LogP contribution is -2.41. The van der Waals surface area contributed by atoms with Crippen LogP contribution in [0.15, 0.2) is 29.4 Å². The van der Waals surface area contributed by atoms with Gasteiger partial charge in [-0.1, -0.05) is 23.7 Å². The molecule has 1 aromatic rings. The summed E-state index contributed by atoms with van der Waals surface area (Å²) < 4.78 is 0. The van der Waals surface area contributed by atoms with Gasteiger partial charge in [0.05, 0.1) is 6.21 Å². The summed E-state index contributed by atoms with van der Waals surface area (Å²) in [6.45, 7) is 4.14. The molecule has 0 spiro atoms. The molecule has 3 nitrogen and oxygen atoms in total. The van der Waals surface area contributed by atoms with Crippen LogP contribution in [0.3, 0.4) is 0 Å². The maximum absolute atomic E-state index is 5.90. The van der Waals surface area contributed by atoms with E-state index in [9.17, 15) is 0 Å². The zero-order chi connectivity index (χ0) is 11.4. The minimum absolute atomic E-state index is 0.752. The van der Waals surface area contributed by atoms with Gasteiger partial charge >= 0.3 is 0 Å². The highest BCUT2D eigenvalue weighted by atomic mass is 35.5. The minimum atomic E-state index is 0.752. The third kappa shape index (κ3) is 3.22. The second-order valence-corrected chi connectivity index (χ2v) is 4.49. The molecule has 86 valence electrons. The van der Waals surface area contributed by atoms with Crippen LogP contribution in [0.2, 0.25) is 5.02 Å². The molecule has 1 aromatic carbocycles. The lowest BCUT2D eigenvalue weighted by molar-refractivity contribution is 0.159. The van der Waals surface area contributed by atoms with Crippen molar-refractivity contribution in [1.82, 2.24) is 9.91 Å². The number of rotatable bonds is 2. The van der Waals surface area contributed by atoms with Crippen LogP contribution in [0.4, 0.5) is 0 Å². The van der Waals surface area contributed by atoms with Crippen molar-refractivity contribution in [3.8, 4) is 0 Å². The topological polar surface area (TPSA) is 18.8 Å². The predicted octanol–water partition coefficient (Wildman–Crippen LogP) is 1.92. The van der Waals surface area contributed by atoms with Gasteiger partial charge in [0.1, 0.15) is 0 Å². The molecule has 0 aliphatic carbocycles. The van der Waals surface area contributed by atoms with E-state index in [0.29, 0.717) is 0 Å². The SMILES string of the molecule is CN1CCN(N=Cc2cccc(Cl)c2)CC1. The van der Waals surface area contributed by atoms with E-state index in [2.05, 4.69) is 22.1 Å². The van der Waals surface area contributed by atoms with Gasteiger partial charge < -0.3 is 4.90 Å². The average molecular weight is 238 g/mol. The molecule has 0 bridgehead atoms. The van der Waals surface area contributed by atoms with Crippen molar-refractivity contribution in [2.24, 2.45) is 5.10 Å². The summed E-state index contributed by atoms with van der Waals surface area (Å²) >= 11 is 5.90. The number of halogens is 1. The lowest BCUT2D eigenvalue weighted by atomic mass is 10.2. The number of hydrazone groups is 1. The first-order chi connectivity index (χ1) is 7.74. The van der Waals surface area contributed by atoms with Crippen LogP contribution in [0.5, 0.6) is 0 Å². The summed E-state index contributed by atoms with van der Waals surface area (Å²) in [5.74, 6) is 0. The molecular weight excluding hydrogens is 222 g/mol. The minimum Gasteiger partial charge on any atom is -0.303 e. The first-order valence-corrected chi connectivity index (χ1v) is 5.85. The molecule has 2 rings (SSSR count). The lowest BCUT2D eigenvalue weighted by Gasteiger charge is -2.30. The zero-order valence-electron chi connectivity index (χ0n) is 9.43. The highest BCUT2D eigenvalue weighted by molar-refractivity contribution is 6.30. The van der Waals surface area contributed by atoms with E-state index < -0.39 is 0 Å². The van der Waals surface area contributed by atoms with Crippen molar-refractivity contribution in [3.63, 3.8) is 0 Å². The number of piperazine rings is 1. The molecule has 0 amide bonds. The van der Waals surface area contributed by atoms with E-state index in [1.807, 2.05) is 30.5 Å². The van der Waals surface area contributed by atoms with Gasteiger partial charge in [-0.25, -0.2) is 0 Å². The summed E-state index contributed by atoms with van der Waals surface area (Å²) in [5, 5.41) is 7.30. The monoisotopic (exact) mass is 237 g/mol. The second-order valence-electron chi connectivity index (χ2n) is 4.06. The third-order valence-electron chi connectivity index (χ3n) is 2.70. The Kier molecular flexibility index (Phi) is 3.80. The van der Waals surface area contributed by atoms with Crippen molar-refractivity contribution in [1.29, 1.82) is 0 Å². The molecule has 0 aromatic heterocycles. The molecular formula is C12H16ClN3. The molecule has 0 unspecified atom stereocenters. The predicted molar refractivity (Wildman–Crippen MR) is 68.1 cm³/mol. The van der Waals surface area contributed by atoms with E-state index in [1.165, 1.54) is 0 Å². The molecule has 1 aliphatic rings. The average Bonchev–Trinajstić information content (AvgIpc) is 2.28. The van der Waals surface area contributed by atoms with Crippen LogP contribution in [-0.2, 0) is 0 Å². The highest BCUT2D eigenvalue weighted by Crippen LogP contribution is 2.09. The Morgan fingerprint density at radius 2 is 2.00 bits per heavy atom. The first-order valence-electron chi connectivity index (χ1n) is 5.47. The molecule has 0 N–H and O–H groups in total. The van der Waals surface area contributed by atoms with Gasteiger partial charge in [-0.2, -0.15) is 5.10 Å². The Labute approximate surface area is 101 Å². The van der Waals surface area contributed by atoms with E-state index in [4.69, 9.17) is 11.6 Å². The maximum atomic E-state index is 5.90. The summed E-state index contributed by atoms with van der Waals surface area (Å²) in [5.41, 5.74) is 1.05. The molecule has 1 saturated heterocycles. The Bertz CT molecular complexity index is 370. The van der Waals surface area contributed by atoms with Crippen molar-refractivity contribution in [2.75, 3.05) is 33.2 Å². The van der Waals surface area contributed by atoms with Crippen LogP contribution in [-0.4, -0.2) is 49.4 Å². The summed E-state index contributed by atoms with van der Waals surface area (Å²) in [6.07, 6.45) is 1.87. The van der Waals surface area contributed by atoms with Crippen molar-refractivity contribution < 1.29 is 0 Å². The Balaban J connectivity index is 1.94. The van der Waals surface area contributed by atoms with Crippen molar-refractivity contribution in [3.05, 3.63) is 34.9 Å². The number of hydrogen-bond donors (Lipinski definition) is 0.